The van der Waals surface area contributed by atoms with Crippen molar-refractivity contribution in [1.29, 1.82) is 0 Å². The summed E-state index contributed by atoms with van der Waals surface area (Å²) in [6.45, 7) is 9.82. The van der Waals surface area contributed by atoms with Gasteiger partial charge >= 0.3 is 0 Å². The number of halogens is 2. The van der Waals surface area contributed by atoms with E-state index in [1.165, 1.54) is 6.07 Å². The molecule has 2 N–H and O–H groups in total. The molecular formula is C25H28ClFN4O2. The Morgan fingerprint density at radius 1 is 1.30 bits per heavy atom. The van der Waals surface area contributed by atoms with Gasteiger partial charge in [-0.3, -0.25) is 4.68 Å². The van der Waals surface area contributed by atoms with Gasteiger partial charge in [-0.2, -0.15) is 5.10 Å². The van der Waals surface area contributed by atoms with Gasteiger partial charge in [0.15, 0.2) is 0 Å². The lowest BCUT2D eigenvalue weighted by molar-refractivity contribution is 0.0570. The zero-order valence-electron chi connectivity index (χ0n) is 19.6. The lowest BCUT2D eigenvalue weighted by Gasteiger charge is -2.18. The second-order valence-electron chi connectivity index (χ2n) is 9.08. The van der Waals surface area contributed by atoms with E-state index >= 15 is 0 Å². The number of H-pyrrole nitrogens is 1. The zero-order valence-corrected chi connectivity index (χ0v) is 20.4. The van der Waals surface area contributed by atoms with Crippen LogP contribution in [0.4, 0.5) is 4.39 Å². The van der Waals surface area contributed by atoms with Gasteiger partial charge in [-0.15, -0.1) is 0 Å². The molecule has 4 aromatic rings. The molecule has 8 heteroatoms. The fourth-order valence-electron chi connectivity index (χ4n) is 4.44. The number of pyridine rings is 1. The minimum absolute atomic E-state index is 0.0555. The molecule has 0 aliphatic carbocycles. The van der Waals surface area contributed by atoms with Crippen LogP contribution in [0.3, 0.4) is 0 Å². The van der Waals surface area contributed by atoms with E-state index in [4.69, 9.17) is 16.3 Å². The van der Waals surface area contributed by atoms with E-state index in [1.54, 1.807) is 27.0 Å². The summed E-state index contributed by atoms with van der Waals surface area (Å²) >= 11 is 6.35. The van der Waals surface area contributed by atoms with Crippen LogP contribution in [0.1, 0.15) is 49.2 Å². The first-order valence-electron chi connectivity index (χ1n) is 10.8. The Hall–Kier alpha value is -2.90. The summed E-state index contributed by atoms with van der Waals surface area (Å²) in [6.07, 6.45) is 3.69. The van der Waals surface area contributed by atoms with Crippen molar-refractivity contribution in [3.05, 3.63) is 63.9 Å². The van der Waals surface area contributed by atoms with Crippen molar-refractivity contribution in [2.45, 2.75) is 52.7 Å². The van der Waals surface area contributed by atoms with Gasteiger partial charge in [0.1, 0.15) is 17.2 Å². The Balaban J connectivity index is 1.83. The second-order valence-corrected chi connectivity index (χ2v) is 9.46. The average Bonchev–Trinajstić information content (AvgIpc) is 3.28. The van der Waals surface area contributed by atoms with Gasteiger partial charge in [0, 0.05) is 46.1 Å². The monoisotopic (exact) mass is 470 g/mol. The van der Waals surface area contributed by atoms with Crippen LogP contribution < -0.4 is 4.74 Å². The van der Waals surface area contributed by atoms with Gasteiger partial charge < -0.3 is 14.8 Å². The summed E-state index contributed by atoms with van der Waals surface area (Å²) in [7, 11) is 1.55. The number of ether oxygens (including phenoxy) is 1. The lowest BCUT2D eigenvalue weighted by Crippen LogP contribution is -2.27. The van der Waals surface area contributed by atoms with Crippen molar-refractivity contribution in [2.24, 2.45) is 0 Å². The molecule has 0 spiro atoms. The minimum Gasteiger partial charge on any atom is -0.496 e. The topological polar surface area (TPSA) is 76.0 Å². The van der Waals surface area contributed by atoms with E-state index < -0.39 is 11.4 Å². The molecule has 0 saturated heterocycles. The van der Waals surface area contributed by atoms with E-state index in [9.17, 15) is 9.50 Å². The number of fused-ring (bicyclic) bond motifs is 1. The highest BCUT2D eigenvalue weighted by atomic mass is 35.5. The molecule has 33 heavy (non-hydrogen) atoms. The molecule has 0 amide bonds. The average molecular weight is 471 g/mol. The highest BCUT2D eigenvalue weighted by molar-refractivity contribution is 6.31. The van der Waals surface area contributed by atoms with Crippen molar-refractivity contribution in [3.63, 3.8) is 0 Å². The number of methoxy groups -OCH3 is 1. The van der Waals surface area contributed by atoms with Crippen LogP contribution in [-0.2, 0) is 6.54 Å². The Morgan fingerprint density at radius 2 is 2.03 bits per heavy atom. The number of aromatic amines is 1. The first kappa shape index (κ1) is 23.3. The van der Waals surface area contributed by atoms with E-state index in [1.807, 2.05) is 37.8 Å². The van der Waals surface area contributed by atoms with Gasteiger partial charge in [0.25, 0.3) is 0 Å². The molecule has 3 aromatic heterocycles. The van der Waals surface area contributed by atoms with Crippen LogP contribution in [0.5, 0.6) is 5.75 Å². The first-order chi connectivity index (χ1) is 15.5. The van der Waals surface area contributed by atoms with E-state index in [2.05, 4.69) is 21.1 Å². The summed E-state index contributed by atoms with van der Waals surface area (Å²) < 4.78 is 21.6. The molecule has 3 heterocycles. The molecule has 0 fully saturated rings. The predicted octanol–water partition coefficient (Wildman–Crippen LogP) is 5.77. The van der Waals surface area contributed by atoms with Gasteiger partial charge in [0.2, 0.25) is 0 Å². The fourth-order valence-corrected chi connectivity index (χ4v) is 4.76. The number of nitrogens with zero attached hydrogens (tertiary/aromatic N) is 3. The number of nitrogens with one attached hydrogen (secondary N) is 1. The van der Waals surface area contributed by atoms with Gasteiger partial charge in [-0.05, 0) is 51.5 Å². The zero-order chi connectivity index (χ0) is 24.1. The molecule has 0 bridgehead atoms. The largest absolute Gasteiger partial charge is 0.496 e. The SMILES string of the molecule is COc1ccc(F)c(Cl)c1C(C)c1c[nH]c2ncc(-c3c(C)nn(CC(C)(C)O)c3C)cc12. The Labute approximate surface area is 197 Å². The Bertz CT molecular complexity index is 1340. The summed E-state index contributed by atoms with van der Waals surface area (Å²) in [5.74, 6) is -0.190. The predicted molar refractivity (Wildman–Crippen MR) is 129 cm³/mol. The van der Waals surface area contributed by atoms with Gasteiger partial charge in [0.05, 0.1) is 30.0 Å². The van der Waals surface area contributed by atoms with Crippen molar-refractivity contribution >= 4 is 22.6 Å². The van der Waals surface area contributed by atoms with Crippen molar-refractivity contribution < 1.29 is 14.2 Å². The third-order valence-corrected chi connectivity index (χ3v) is 6.37. The summed E-state index contributed by atoms with van der Waals surface area (Å²) in [6, 6.07) is 4.97. The molecule has 0 aliphatic rings. The van der Waals surface area contributed by atoms with Crippen LogP contribution in [0.2, 0.25) is 5.02 Å². The smallest absolute Gasteiger partial charge is 0.142 e. The third-order valence-electron chi connectivity index (χ3n) is 5.98. The van der Waals surface area contributed by atoms with E-state index in [0.717, 1.165) is 39.1 Å². The molecule has 6 nitrogen and oxygen atoms in total. The molecule has 0 radical (unpaired) electrons. The molecule has 1 unspecified atom stereocenters. The highest BCUT2D eigenvalue weighted by Gasteiger charge is 2.24. The van der Waals surface area contributed by atoms with Crippen molar-refractivity contribution in [1.82, 2.24) is 19.7 Å². The van der Waals surface area contributed by atoms with Gasteiger partial charge in [-0.1, -0.05) is 18.5 Å². The number of aliphatic hydroxyl groups is 1. The second kappa shape index (κ2) is 8.47. The standard InChI is InChI=1S/C25H28ClFN4O2/c1-13(21-20(33-6)8-7-19(27)23(21)26)18-11-29-24-17(18)9-16(10-28-24)22-14(2)30-31(15(22)3)12-25(4,5)32/h7-11,13,32H,12H2,1-6H3,(H,28,29). The highest BCUT2D eigenvalue weighted by Crippen LogP contribution is 2.41. The molecular weight excluding hydrogens is 443 g/mol. The number of hydrogen-bond donors (Lipinski definition) is 2. The molecule has 0 saturated carbocycles. The van der Waals surface area contributed by atoms with Gasteiger partial charge in [-0.25, -0.2) is 9.37 Å². The quantitative estimate of drug-likeness (QED) is 0.375. The van der Waals surface area contributed by atoms with E-state index in [-0.39, 0.29) is 10.9 Å². The third kappa shape index (κ3) is 4.23. The maximum absolute atomic E-state index is 14.3. The number of aromatic nitrogens is 4. The fraction of sp³-hybridized carbons (Fsp3) is 0.360. The maximum atomic E-state index is 14.3. The summed E-state index contributed by atoms with van der Waals surface area (Å²) in [4.78, 5) is 7.83. The van der Waals surface area contributed by atoms with Crippen LogP contribution in [0, 0.1) is 19.7 Å². The number of aryl methyl sites for hydroxylation is 1. The number of rotatable bonds is 6. The number of hydrogen-bond acceptors (Lipinski definition) is 4. The Morgan fingerprint density at radius 3 is 2.70 bits per heavy atom. The molecule has 1 atom stereocenters. The van der Waals surface area contributed by atoms with Crippen LogP contribution in [-0.4, -0.2) is 37.6 Å². The first-order valence-corrected chi connectivity index (χ1v) is 11.1. The van der Waals surface area contributed by atoms with Crippen molar-refractivity contribution in [3.8, 4) is 16.9 Å². The van der Waals surface area contributed by atoms with Crippen LogP contribution in [0.25, 0.3) is 22.2 Å². The summed E-state index contributed by atoms with van der Waals surface area (Å²) in [5.41, 5.74) is 5.09. The van der Waals surface area contributed by atoms with Crippen LogP contribution in [0.15, 0.2) is 30.6 Å². The van der Waals surface area contributed by atoms with Crippen molar-refractivity contribution in [2.75, 3.05) is 7.11 Å². The molecule has 4 rings (SSSR count). The number of benzene rings is 1. The lowest BCUT2D eigenvalue weighted by atomic mass is 9.91. The maximum Gasteiger partial charge on any atom is 0.142 e. The summed E-state index contributed by atoms with van der Waals surface area (Å²) in [5, 5.41) is 15.8. The Kier molecular flexibility index (Phi) is 5.97. The molecule has 0 aliphatic heterocycles. The van der Waals surface area contributed by atoms with E-state index in [0.29, 0.717) is 17.9 Å². The molecule has 1 aromatic carbocycles. The van der Waals surface area contributed by atoms with Crippen LogP contribution >= 0.6 is 11.6 Å². The minimum atomic E-state index is -0.880. The molecule has 174 valence electrons. The normalized spacial score (nSPS) is 13.0.